The summed E-state index contributed by atoms with van der Waals surface area (Å²) in [5.74, 6) is 0.413. The van der Waals surface area contributed by atoms with E-state index in [2.05, 4.69) is 0 Å². The van der Waals surface area contributed by atoms with E-state index in [9.17, 15) is 4.79 Å². The second kappa shape index (κ2) is 6.03. The minimum Gasteiger partial charge on any atom is -0.427 e. The molecule has 0 bridgehead atoms. The Kier molecular flexibility index (Phi) is 5.75. The fourth-order valence-electron chi connectivity index (χ4n) is 0.692. The summed E-state index contributed by atoms with van der Waals surface area (Å²) in [6, 6.07) is 9.06. The third kappa shape index (κ3) is 3.73. The first kappa shape index (κ1) is 11.5. The molecule has 0 unspecified atom stereocenters. The van der Waals surface area contributed by atoms with Gasteiger partial charge in [0.2, 0.25) is 0 Å². The number of benzene rings is 1. The van der Waals surface area contributed by atoms with Crippen LogP contribution in [0.15, 0.2) is 30.3 Å². The van der Waals surface area contributed by atoms with Gasteiger partial charge in [0.1, 0.15) is 5.75 Å². The van der Waals surface area contributed by atoms with E-state index in [4.69, 9.17) is 4.74 Å². The van der Waals surface area contributed by atoms with Crippen molar-refractivity contribution in [3.63, 3.8) is 0 Å². The van der Waals surface area contributed by atoms with Crippen molar-refractivity contribution in [2.45, 2.75) is 13.3 Å². The van der Waals surface area contributed by atoms with Crippen molar-refractivity contribution in [2.75, 3.05) is 0 Å². The lowest BCUT2D eigenvalue weighted by molar-refractivity contribution is -0.134. The molecule has 1 rings (SSSR count). The molecule has 0 fully saturated rings. The van der Waals surface area contributed by atoms with Crippen LogP contribution in [0.2, 0.25) is 0 Å². The van der Waals surface area contributed by atoms with Gasteiger partial charge < -0.3 is 4.74 Å². The summed E-state index contributed by atoms with van der Waals surface area (Å²) in [5.41, 5.74) is 0. The fourth-order valence-corrected chi connectivity index (χ4v) is 0.692. The molecule has 0 aromatic heterocycles. The highest BCUT2D eigenvalue weighted by Gasteiger charge is 1.98. The van der Waals surface area contributed by atoms with E-state index in [-0.39, 0.29) is 29.0 Å². The average Bonchev–Trinajstić information content (AvgIpc) is 2.06. The van der Waals surface area contributed by atoms with Crippen LogP contribution in [-0.2, 0) is 4.79 Å². The van der Waals surface area contributed by atoms with Gasteiger partial charge in [0, 0.05) is 29.5 Å². The Balaban J connectivity index is 0.00000121. The van der Waals surface area contributed by atoms with Crippen molar-refractivity contribution in [2.24, 2.45) is 0 Å². The SMILES string of the molecule is CCC(=O)Oc1ccccc1.[Mg]. The Labute approximate surface area is 88.1 Å². The first-order chi connectivity index (χ1) is 5.33. The summed E-state index contributed by atoms with van der Waals surface area (Å²) >= 11 is 0. The molecule has 0 spiro atoms. The van der Waals surface area contributed by atoms with Crippen LogP contribution in [0.25, 0.3) is 0 Å². The molecule has 1 aromatic carbocycles. The van der Waals surface area contributed by atoms with E-state index in [1.54, 1.807) is 19.1 Å². The number of carbonyl (C=O) groups excluding carboxylic acids is 1. The van der Waals surface area contributed by atoms with Gasteiger partial charge in [-0.1, -0.05) is 25.1 Å². The molecule has 0 amide bonds. The molecule has 0 aliphatic carbocycles. The molecule has 0 N–H and O–H groups in total. The molecule has 3 heteroatoms. The summed E-state index contributed by atoms with van der Waals surface area (Å²) in [5, 5.41) is 0. The quantitative estimate of drug-likeness (QED) is 0.387. The number of ether oxygens (including phenoxy) is 1. The van der Waals surface area contributed by atoms with E-state index < -0.39 is 0 Å². The molecule has 2 nitrogen and oxygen atoms in total. The predicted octanol–water partition coefficient (Wildman–Crippen LogP) is 1.62. The summed E-state index contributed by atoms with van der Waals surface area (Å²) in [7, 11) is 0. The Morgan fingerprint density at radius 2 is 1.92 bits per heavy atom. The van der Waals surface area contributed by atoms with Gasteiger partial charge in [0.15, 0.2) is 0 Å². The van der Waals surface area contributed by atoms with Gasteiger partial charge in [0.05, 0.1) is 0 Å². The molecule has 0 aliphatic heterocycles. The number of carbonyl (C=O) groups is 1. The van der Waals surface area contributed by atoms with Crippen LogP contribution in [0.4, 0.5) is 0 Å². The molecule has 0 saturated heterocycles. The minimum absolute atomic E-state index is 0. The van der Waals surface area contributed by atoms with Gasteiger partial charge >= 0.3 is 5.97 Å². The number of esters is 1. The van der Waals surface area contributed by atoms with Gasteiger partial charge in [-0.25, -0.2) is 0 Å². The van der Waals surface area contributed by atoms with Crippen molar-refractivity contribution < 1.29 is 9.53 Å². The zero-order valence-corrected chi connectivity index (χ0v) is 8.53. The molecular formula is C9H10MgO2. The van der Waals surface area contributed by atoms with Crippen molar-refractivity contribution in [1.82, 2.24) is 0 Å². The van der Waals surface area contributed by atoms with Crippen LogP contribution in [0.3, 0.4) is 0 Å². The van der Waals surface area contributed by atoms with E-state index >= 15 is 0 Å². The molecule has 2 radical (unpaired) electrons. The van der Waals surface area contributed by atoms with Crippen molar-refractivity contribution in [3.05, 3.63) is 30.3 Å². The lowest BCUT2D eigenvalue weighted by atomic mass is 10.3. The fraction of sp³-hybridized carbons (Fsp3) is 0.222. The second-order valence-corrected chi connectivity index (χ2v) is 2.14. The normalized spacial score (nSPS) is 8.42. The maximum absolute atomic E-state index is 10.8. The van der Waals surface area contributed by atoms with Crippen LogP contribution >= 0.6 is 0 Å². The molecule has 60 valence electrons. The lowest BCUT2D eigenvalue weighted by Crippen LogP contribution is -2.04. The highest BCUT2D eigenvalue weighted by Crippen LogP contribution is 2.08. The highest BCUT2D eigenvalue weighted by atomic mass is 24.3. The number of hydrogen-bond acceptors (Lipinski definition) is 2. The van der Waals surface area contributed by atoms with Crippen LogP contribution < -0.4 is 4.74 Å². The van der Waals surface area contributed by atoms with Crippen molar-refractivity contribution >= 4 is 29.0 Å². The molecule has 12 heavy (non-hydrogen) atoms. The van der Waals surface area contributed by atoms with E-state index in [1.165, 1.54) is 0 Å². The zero-order valence-electron chi connectivity index (χ0n) is 7.12. The highest BCUT2D eigenvalue weighted by molar-refractivity contribution is 5.75. The zero-order chi connectivity index (χ0) is 8.10. The third-order valence-corrected chi connectivity index (χ3v) is 1.26. The van der Waals surface area contributed by atoms with Gasteiger partial charge in [-0.3, -0.25) is 4.79 Å². The molecule has 1 aromatic rings. The Morgan fingerprint density at radius 3 is 2.42 bits per heavy atom. The topological polar surface area (TPSA) is 26.3 Å². The van der Waals surface area contributed by atoms with E-state index in [0.717, 1.165) is 0 Å². The Hall–Kier alpha value is -0.544. The van der Waals surface area contributed by atoms with Gasteiger partial charge in [0.25, 0.3) is 0 Å². The number of hydrogen-bond donors (Lipinski definition) is 0. The van der Waals surface area contributed by atoms with Gasteiger partial charge in [-0.2, -0.15) is 0 Å². The van der Waals surface area contributed by atoms with Gasteiger partial charge in [-0.15, -0.1) is 0 Å². The van der Waals surface area contributed by atoms with E-state index in [1.807, 2.05) is 18.2 Å². The lowest BCUT2D eigenvalue weighted by Gasteiger charge is -1.99. The predicted molar refractivity (Wildman–Crippen MR) is 48.1 cm³/mol. The second-order valence-electron chi connectivity index (χ2n) is 2.14. The first-order valence-electron chi connectivity index (χ1n) is 3.58. The molecule has 0 atom stereocenters. The summed E-state index contributed by atoms with van der Waals surface area (Å²) in [6.45, 7) is 1.77. The Morgan fingerprint density at radius 1 is 1.33 bits per heavy atom. The van der Waals surface area contributed by atoms with Crippen LogP contribution in [0.5, 0.6) is 5.75 Å². The first-order valence-corrected chi connectivity index (χ1v) is 3.58. The van der Waals surface area contributed by atoms with Gasteiger partial charge in [-0.05, 0) is 12.1 Å². The van der Waals surface area contributed by atoms with Crippen LogP contribution in [-0.4, -0.2) is 29.0 Å². The summed E-state index contributed by atoms with van der Waals surface area (Å²) in [6.07, 6.45) is 0.412. The van der Waals surface area contributed by atoms with E-state index in [0.29, 0.717) is 12.2 Å². The minimum atomic E-state index is -0.198. The molecule has 0 saturated carbocycles. The maximum Gasteiger partial charge on any atom is 0.310 e. The van der Waals surface area contributed by atoms with Crippen molar-refractivity contribution in [1.29, 1.82) is 0 Å². The average molecular weight is 174 g/mol. The number of para-hydroxylation sites is 1. The maximum atomic E-state index is 10.8. The number of rotatable bonds is 2. The molecular weight excluding hydrogens is 164 g/mol. The van der Waals surface area contributed by atoms with Crippen LogP contribution in [0.1, 0.15) is 13.3 Å². The smallest absolute Gasteiger partial charge is 0.310 e. The monoisotopic (exact) mass is 174 g/mol. The van der Waals surface area contributed by atoms with Crippen LogP contribution in [0, 0.1) is 0 Å². The summed E-state index contributed by atoms with van der Waals surface area (Å²) < 4.78 is 4.92. The third-order valence-electron chi connectivity index (χ3n) is 1.26. The largest absolute Gasteiger partial charge is 0.427 e. The summed E-state index contributed by atoms with van der Waals surface area (Å²) in [4.78, 5) is 10.8. The molecule has 0 heterocycles. The molecule has 0 aliphatic rings. The Bertz CT molecular complexity index is 234. The standard InChI is InChI=1S/C9H10O2.Mg/c1-2-9(10)11-8-6-4-3-5-7-8;/h3-7H,2H2,1H3;. The van der Waals surface area contributed by atoms with Crippen molar-refractivity contribution in [3.8, 4) is 5.75 Å².